The van der Waals surface area contributed by atoms with Crippen molar-refractivity contribution in [2.24, 2.45) is 5.73 Å². The van der Waals surface area contributed by atoms with Gasteiger partial charge >= 0.3 is 0 Å². The maximum atomic E-state index is 5.99. The third-order valence-corrected chi connectivity index (χ3v) is 3.04. The summed E-state index contributed by atoms with van der Waals surface area (Å²) in [6.45, 7) is 7.19. The van der Waals surface area contributed by atoms with Gasteiger partial charge in [-0.3, -0.25) is 0 Å². The van der Waals surface area contributed by atoms with Crippen molar-refractivity contribution in [2.45, 2.75) is 45.8 Å². The smallest absolute Gasteiger partial charge is 0.161 e. The molecule has 20 heavy (non-hydrogen) atoms. The van der Waals surface area contributed by atoms with Gasteiger partial charge in [0, 0.05) is 6.04 Å². The van der Waals surface area contributed by atoms with Gasteiger partial charge in [-0.15, -0.1) is 0 Å². The molecule has 0 aromatic heterocycles. The number of nitrogens with two attached hydrogens (primary N) is 1. The molecule has 114 valence electrons. The highest BCUT2D eigenvalue weighted by Gasteiger charge is 2.08. The molecule has 1 aromatic carbocycles. The van der Waals surface area contributed by atoms with Crippen molar-refractivity contribution in [3.05, 3.63) is 23.8 Å². The second-order valence-electron chi connectivity index (χ2n) is 5.13. The maximum absolute atomic E-state index is 5.99. The summed E-state index contributed by atoms with van der Waals surface area (Å²) in [6, 6.07) is 6.15. The summed E-state index contributed by atoms with van der Waals surface area (Å²) in [5.74, 6) is 1.49. The van der Waals surface area contributed by atoms with E-state index in [0.29, 0.717) is 13.2 Å². The Balaban J connectivity index is 2.63. The van der Waals surface area contributed by atoms with Crippen molar-refractivity contribution in [3.8, 4) is 11.5 Å². The molecule has 4 heteroatoms. The number of ether oxygens (including phenoxy) is 3. The third kappa shape index (κ3) is 5.80. The molecule has 0 amide bonds. The minimum absolute atomic E-state index is 0.181. The lowest BCUT2D eigenvalue weighted by Crippen LogP contribution is -2.21. The zero-order chi connectivity index (χ0) is 15.0. The average Bonchev–Trinajstić information content (AvgIpc) is 2.43. The van der Waals surface area contributed by atoms with E-state index in [9.17, 15) is 0 Å². The topological polar surface area (TPSA) is 53.7 Å². The quantitative estimate of drug-likeness (QED) is 0.707. The number of methoxy groups -OCH3 is 1. The lowest BCUT2D eigenvalue weighted by Gasteiger charge is -2.14. The van der Waals surface area contributed by atoms with Crippen LogP contribution in [0.15, 0.2) is 18.2 Å². The van der Waals surface area contributed by atoms with Crippen molar-refractivity contribution in [3.63, 3.8) is 0 Å². The molecule has 0 saturated carbocycles. The van der Waals surface area contributed by atoms with E-state index in [4.69, 9.17) is 19.9 Å². The number of hydrogen-bond donors (Lipinski definition) is 1. The molecule has 0 fully saturated rings. The van der Waals surface area contributed by atoms with E-state index in [-0.39, 0.29) is 12.1 Å². The van der Waals surface area contributed by atoms with E-state index in [1.54, 1.807) is 7.11 Å². The summed E-state index contributed by atoms with van der Waals surface area (Å²) in [4.78, 5) is 0. The molecule has 0 bridgehead atoms. The molecule has 0 aliphatic heterocycles. The van der Waals surface area contributed by atoms with Gasteiger partial charge in [0.1, 0.15) is 6.61 Å². The van der Waals surface area contributed by atoms with Crippen molar-refractivity contribution >= 4 is 0 Å². The fourth-order valence-corrected chi connectivity index (χ4v) is 1.84. The van der Waals surface area contributed by atoms with E-state index in [2.05, 4.69) is 6.92 Å². The summed E-state index contributed by atoms with van der Waals surface area (Å²) in [7, 11) is 1.64. The van der Waals surface area contributed by atoms with E-state index < -0.39 is 0 Å². The highest BCUT2D eigenvalue weighted by atomic mass is 16.5. The Morgan fingerprint density at radius 3 is 2.50 bits per heavy atom. The SMILES string of the molecule is CCC(N)Cc1ccc(OC)c(OCCOC(C)C)c1. The Hall–Kier alpha value is -1.26. The summed E-state index contributed by atoms with van der Waals surface area (Å²) in [6.07, 6.45) is 2.03. The standard InChI is InChI=1S/C16H27NO3/c1-5-14(17)10-13-6-7-15(18-4)16(11-13)20-9-8-19-12(2)3/h6-7,11-12,14H,5,8-10,17H2,1-4H3. The zero-order valence-electron chi connectivity index (χ0n) is 13.0. The van der Waals surface area contributed by atoms with Crippen molar-refractivity contribution < 1.29 is 14.2 Å². The second kappa shape index (κ2) is 8.82. The molecule has 2 N–H and O–H groups in total. The van der Waals surface area contributed by atoms with Crippen LogP contribution in [0.25, 0.3) is 0 Å². The molecule has 1 atom stereocenters. The Kier molecular flexibility index (Phi) is 7.41. The van der Waals surface area contributed by atoms with Crippen molar-refractivity contribution in [1.29, 1.82) is 0 Å². The molecule has 1 unspecified atom stereocenters. The van der Waals surface area contributed by atoms with Crippen LogP contribution >= 0.6 is 0 Å². The highest BCUT2D eigenvalue weighted by Crippen LogP contribution is 2.28. The zero-order valence-corrected chi connectivity index (χ0v) is 13.0. The molecule has 0 aliphatic rings. The third-order valence-electron chi connectivity index (χ3n) is 3.04. The van der Waals surface area contributed by atoms with Crippen LogP contribution in [0, 0.1) is 0 Å². The highest BCUT2D eigenvalue weighted by molar-refractivity contribution is 5.43. The molecule has 1 aromatic rings. The Morgan fingerprint density at radius 2 is 1.90 bits per heavy atom. The minimum atomic E-state index is 0.181. The van der Waals surface area contributed by atoms with Crippen LogP contribution in [0.2, 0.25) is 0 Å². The van der Waals surface area contributed by atoms with Gasteiger partial charge in [0.15, 0.2) is 11.5 Å². The monoisotopic (exact) mass is 281 g/mol. The molecule has 0 saturated heterocycles. The fourth-order valence-electron chi connectivity index (χ4n) is 1.84. The molecule has 0 heterocycles. The molecule has 0 aliphatic carbocycles. The first-order valence-electron chi connectivity index (χ1n) is 7.23. The van der Waals surface area contributed by atoms with Crippen molar-refractivity contribution in [2.75, 3.05) is 20.3 Å². The fraction of sp³-hybridized carbons (Fsp3) is 0.625. The predicted molar refractivity (Wildman–Crippen MR) is 81.5 cm³/mol. The Morgan fingerprint density at radius 1 is 1.15 bits per heavy atom. The lowest BCUT2D eigenvalue weighted by molar-refractivity contribution is 0.0546. The first-order chi connectivity index (χ1) is 9.56. The van der Waals surface area contributed by atoms with Gasteiger partial charge < -0.3 is 19.9 Å². The number of benzene rings is 1. The van der Waals surface area contributed by atoms with Crippen molar-refractivity contribution in [1.82, 2.24) is 0 Å². The largest absolute Gasteiger partial charge is 0.493 e. The van der Waals surface area contributed by atoms with Crippen LogP contribution < -0.4 is 15.2 Å². The van der Waals surface area contributed by atoms with Crippen LogP contribution in [-0.4, -0.2) is 32.5 Å². The Labute approximate surface area is 122 Å². The van der Waals surface area contributed by atoms with Gasteiger partial charge in [-0.2, -0.15) is 0 Å². The average molecular weight is 281 g/mol. The molecular weight excluding hydrogens is 254 g/mol. The molecule has 1 rings (SSSR count). The van der Waals surface area contributed by atoms with Crippen LogP contribution in [-0.2, 0) is 11.2 Å². The predicted octanol–water partition coefficient (Wildman–Crippen LogP) is 2.78. The molecule has 4 nitrogen and oxygen atoms in total. The molecule has 0 spiro atoms. The van der Waals surface area contributed by atoms with Crippen LogP contribution in [0.3, 0.4) is 0 Å². The summed E-state index contributed by atoms with van der Waals surface area (Å²) in [5, 5.41) is 0. The van der Waals surface area contributed by atoms with Gasteiger partial charge in [-0.25, -0.2) is 0 Å². The van der Waals surface area contributed by atoms with E-state index >= 15 is 0 Å². The lowest BCUT2D eigenvalue weighted by atomic mass is 10.0. The minimum Gasteiger partial charge on any atom is -0.493 e. The van der Waals surface area contributed by atoms with Gasteiger partial charge in [-0.1, -0.05) is 13.0 Å². The van der Waals surface area contributed by atoms with Gasteiger partial charge in [0.05, 0.1) is 19.8 Å². The first-order valence-corrected chi connectivity index (χ1v) is 7.23. The number of rotatable bonds is 9. The maximum Gasteiger partial charge on any atom is 0.161 e. The molecule has 0 radical (unpaired) electrons. The summed E-state index contributed by atoms with van der Waals surface area (Å²) in [5.41, 5.74) is 7.16. The van der Waals surface area contributed by atoms with E-state index in [0.717, 1.165) is 24.3 Å². The summed E-state index contributed by atoms with van der Waals surface area (Å²) < 4.78 is 16.5. The normalized spacial score (nSPS) is 12.5. The Bertz CT molecular complexity index is 393. The van der Waals surface area contributed by atoms with Gasteiger partial charge in [0.2, 0.25) is 0 Å². The van der Waals surface area contributed by atoms with Crippen LogP contribution in [0.1, 0.15) is 32.8 Å². The van der Waals surface area contributed by atoms with Gasteiger partial charge in [0.25, 0.3) is 0 Å². The van der Waals surface area contributed by atoms with Crippen LogP contribution in [0.4, 0.5) is 0 Å². The molecular formula is C16H27NO3. The number of hydrogen-bond acceptors (Lipinski definition) is 4. The van der Waals surface area contributed by atoms with Gasteiger partial charge in [-0.05, 0) is 44.4 Å². The second-order valence-corrected chi connectivity index (χ2v) is 5.13. The van der Waals surface area contributed by atoms with E-state index in [1.165, 1.54) is 5.56 Å². The summed E-state index contributed by atoms with van der Waals surface area (Å²) >= 11 is 0. The van der Waals surface area contributed by atoms with Crippen LogP contribution in [0.5, 0.6) is 11.5 Å². The van der Waals surface area contributed by atoms with E-state index in [1.807, 2.05) is 32.0 Å². The first kappa shape index (κ1) is 16.8.